The molecule has 0 aliphatic rings. The zero-order chi connectivity index (χ0) is 15.5. The maximum Gasteiger partial charge on any atom is 0.315 e. The second-order valence-corrected chi connectivity index (χ2v) is 5.70. The van der Waals surface area contributed by atoms with E-state index in [1.165, 1.54) is 0 Å². The molecular formula is C16H21N3O2. The van der Waals surface area contributed by atoms with Gasteiger partial charge >= 0.3 is 5.97 Å². The fourth-order valence-electron chi connectivity index (χ4n) is 2.55. The summed E-state index contributed by atoms with van der Waals surface area (Å²) in [6, 6.07) is 9.37. The number of aromatic nitrogens is 2. The highest BCUT2D eigenvalue weighted by Gasteiger charge is 2.36. The smallest absolute Gasteiger partial charge is 0.315 e. The number of carboxylic acid groups (broad SMARTS) is 1. The molecule has 0 amide bonds. The molecule has 2 rings (SSSR count). The van der Waals surface area contributed by atoms with Gasteiger partial charge in [0.1, 0.15) is 5.41 Å². The highest BCUT2D eigenvalue weighted by Crippen LogP contribution is 2.25. The molecule has 21 heavy (non-hydrogen) atoms. The Morgan fingerprint density at radius 2 is 2.05 bits per heavy atom. The van der Waals surface area contributed by atoms with Crippen molar-refractivity contribution in [1.82, 2.24) is 14.7 Å². The van der Waals surface area contributed by atoms with Crippen molar-refractivity contribution in [1.29, 1.82) is 0 Å². The molecule has 0 saturated carbocycles. The molecule has 0 aliphatic heterocycles. The van der Waals surface area contributed by atoms with Crippen LogP contribution in [0.3, 0.4) is 0 Å². The van der Waals surface area contributed by atoms with Gasteiger partial charge in [-0.1, -0.05) is 30.3 Å². The molecule has 1 aromatic carbocycles. The van der Waals surface area contributed by atoms with Crippen LogP contribution in [0.1, 0.15) is 18.1 Å². The number of hydrogen-bond acceptors (Lipinski definition) is 3. The zero-order valence-corrected chi connectivity index (χ0v) is 12.7. The average molecular weight is 287 g/mol. The Morgan fingerprint density at radius 1 is 1.38 bits per heavy atom. The normalized spacial score (nSPS) is 14.1. The number of hydrogen-bond donors (Lipinski definition) is 1. The number of carboxylic acids is 1. The summed E-state index contributed by atoms with van der Waals surface area (Å²) in [5.74, 6) is -0.813. The molecule has 112 valence electrons. The highest BCUT2D eigenvalue weighted by molar-refractivity contribution is 5.81. The molecule has 1 atom stereocenters. The van der Waals surface area contributed by atoms with E-state index in [9.17, 15) is 9.90 Å². The molecule has 1 unspecified atom stereocenters. The first-order chi connectivity index (χ1) is 9.91. The third kappa shape index (κ3) is 3.49. The summed E-state index contributed by atoms with van der Waals surface area (Å²) in [5.41, 5.74) is 0.953. The highest BCUT2D eigenvalue weighted by atomic mass is 16.4. The van der Waals surface area contributed by atoms with Crippen LogP contribution in [-0.4, -0.2) is 39.3 Å². The number of carbonyl (C=O) groups is 1. The summed E-state index contributed by atoms with van der Waals surface area (Å²) in [4.78, 5) is 13.8. The Hall–Kier alpha value is -2.14. The van der Waals surface area contributed by atoms with Crippen LogP contribution in [0.5, 0.6) is 0 Å². The van der Waals surface area contributed by atoms with E-state index in [1.807, 2.05) is 55.5 Å². The molecule has 2 aromatic rings. The van der Waals surface area contributed by atoms with Crippen molar-refractivity contribution in [2.75, 3.05) is 13.6 Å². The SMILES string of the molecule is CN(Cc1cnn(C)c1)CC(C)(C(=O)O)c1ccccc1. The van der Waals surface area contributed by atoms with Crippen LogP contribution >= 0.6 is 0 Å². The predicted molar refractivity (Wildman–Crippen MR) is 81.0 cm³/mol. The average Bonchev–Trinajstić information content (AvgIpc) is 2.84. The summed E-state index contributed by atoms with van der Waals surface area (Å²) < 4.78 is 1.75. The molecule has 0 radical (unpaired) electrons. The van der Waals surface area contributed by atoms with Crippen molar-refractivity contribution in [3.8, 4) is 0 Å². The molecule has 1 heterocycles. The molecule has 0 spiro atoms. The lowest BCUT2D eigenvalue weighted by atomic mass is 9.82. The van der Waals surface area contributed by atoms with Gasteiger partial charge in [-0.3, -0.25) is 9.48 Å². The Balaban J connectivity index is 2.14. The van der Waals surface area contributed by atoms with E-state index < -0.39 is 11.4 Å². The van der Waals surface area contributed by atoms with Gasteiger partial charge in [-0.15, -0.1) is 0 Å². The van der Waals surface area contributed by atoms with Crippen molar-refractivity contribution in [2.24, 2.45) is 7.05 Å². The topological polar surface area (TPSA) is 58.4 Å². The third-order valence-electron chi connectivity index (χ3n) is 3.68. The van der Waals surface area contributed by atoms with Crippen LogP contribution in [0.4, 0.5) is 0 Å². The first-order valence-corrected chi connectivity index (χ1v) is 6.87. The summed E-state index contributed by atoms with van der Waals surface area (Å²) in [6.45, 7) is 2.87. The first-order valence-electron chi connectivity index (χ1n) is 6.87. The van der Waals surface area contributed by atoms with Gasteiger partial charge in [-0.2, -0.15) is 5.10 Å². The molecular weight excluding hydrogens is 266 g/mol. The molecule has 5 nitrogen and oxygen atoms in total. The summed E-state index contributed by atoms with van der Waals surface area (Å²) in [6.07, 6.45) is 3.74. The van der Waals surface area contributed by atoms with E-state index >= 15 is 0 Å². The molecule has 0 saturated heterocycles. The minimum Gasteiger partial charge on any atom is -0.481 e. The second kappa shape index (κ2) is 6.10. The fraction of sp³-hybridized carbons (Fsp3) is 0.375. The van der Waals surface area contributed by atoms with Gasteiger partial charge in [0, 0.05) is 31.9 Å². The number of aryl methyl sites for hydroxylation is 1. The largest absolute Gasteiger partial charge is 0.481 e. The fourth-order valence-corrected chi connectivity index (χ4v) is 2.55. The second-order valence-electron chi connectivity index (χ2n) is 5.70. The van der Waals surface area contributed by atoms with E-state index in [2.05, 4.69) is 5.10 Å². The van der Waals surface area contributed by atoms with Crippen LogP contribution < -0.4 is 0 Å². The minimum atomic E-state index is -0.932. The van der Waals surface area contributed by atoms with Crippen LogP contribution in [0.25, 0.3) is 0 Å². The summed E-state index contributed by atoms with van der Waals surface area (Å²) in [7, 11) is 3.80. The Kier molecular flexibility index (Phi) is 4.43. The van der Waals surface area contributed by atoms with Crippen molar-refractivity contribution >= 4 is 5.97 Å². The number of aliphatic carboxylic acids is 1. The lowest BCUT2D eigenvalue weighted by molar-refractivity contribution is -0.144. The number of nitrogens with zero attached hydrogens (tertiary/aromatic N) is 3. The third-order valence-corrected chi connectivity index (χ3v) is 3.68. The Morgan fingerprint density at radius 3 is 2.57 bits per heavy atom. The van der Waals surface area contributed by atoms with E-state index in [1.54, 1.807) is 17.8 Å². The molecule has 0 bridgehead atoms. The van der Waals surface area contributed by atoms with Crippen LogP contribution in [0, 0.1) is 0 Å². The van der Waals surface area contributed by atoms with Crippen molar-refractivity contribution in [2.45, 2.75) is 18.9 Å². The Bertz CT molecular complexity index is 609. The Labute approximate surface area is 124 Å². The standard InChI is InChI=1S/C16H21N3O2/c1-16(15(20)21,14-7-5-4-6-8-14)12-18(2)10-13-9-17-19(3)11-13/h4-9,11H,10,12H2,1-3H3,(H,20,21). The number of rotatable bonds is 6. The molecule has 0 fully saturated rings. The molecule has 5 heteroatoms. The quantitative estimate of drug-likeness (QED) is 0.881. The maximum absolute atomic E-state index is 11.8. The summed E-state index contributed by atoms with van der Waals surface area (Å²) >= 11 is 0. The van der Waals surface area contributed by atoms with Gasteiger partial charge in [0.15, 0.2) is 0 Å². The van der Waals surface area contributed by atoms with Crippen molar-refractivity contribution in [3.05, 3.63) is 53.9 Å². The monoisotopic (exact) mass is 287 g/mol. The predicted octanol–water partition coefficient (Wildman–Crippen LogP) is 1.89. The molecule has 1 N–H and O–H groups in total. The van der Waals surface area contributed by atoms with Gasteiger partial charge in [-0.25, -0.2) is 0 Å². The lowest BCUT2D eigenvalue weighted by Crippen LogP contribution is -2.43. The number of likely N-dealkylation sites (N-methyl/N-ethyl adjacent to an activating group) is 1. The molecule has 1 aromatic heterocycles. The van der Waals surface area contributed by atoms with Crippen LogP contribution in [0.15, 0.2) is 42.7 Å². The zero-order valence-electron chi connectivity index (χ0n) is 12.7. The van der Waals surface area contributed by atoms with Gasteiger partial charge in [0.2, 0.25) is 0 Å². The van der Waals surface area contributed by atoms with Crippen LogP contribution in [-0.2, 0) is 23.8 Å². The van der Waals surface area contributed by atoms with Gasteiger partial charge in [0.05, 0.1) is 6.20 Å². The van der Waals surface area contributed by atoms with Gasteiger partial charge < -0.3 is 10.0 Å². The van der Waals surface area contributed by atoms with Gasteiger partial charge in [0.25, 0.3) is 0 Å². The van der Waals surface area contributed by atoms with Crippen molar-refractivity contribution in [3.63, 3.8) is 0 Å². The van der Waals surface area contributed by atoms with Crippen molar-refractivity contribution < 1.29 is 9.90 Å². The molecule has 0 aliphatic carbocycles. The maximum atomic E-state index is 11.8. The van der Waals surface area contributed by atoms with E-state index in [0.29, 0.717) is 13.1 Å². The van der Waals surface area contributed by atoms with Crippen LogP contribution in [0.2, 0.25) is 0 Å². The summed E-state index contributed by atoms with van der Waals surface area (Å²) in [5, 5.41) is 13.8. The van der Waals surface area contributed by atoms with Gasteiger partial charge in [-0.05, 0) is 19.5 Å². The minimum absolute atomic E-state index is 0.432. The first kappa shape index (κ1) is 15.3. The van der Waals surface area contributed by atoms with E-state index in [-0.39, 0.29) is 0 Å². The lowest BCUT2D eigenvalue weighted by Gasteiger charge is -2.30. The van der Waals surface area contributed by atoms with E-state index in [0.717, 1.165) is 11.1 Å². The number of benzene rings is 1. The van der Waals surface area contributed by atoms with E-state index in [4.69, 9.17) is 0 Å².